The van der Waals surface area contributed by atoms with Gasteiger partial charge < -0.3 is 15.0 Å². The van der Waals surface area contributed by atoms with Gasteiger partial charge in [0.05, 0.1) is 18.4 Å². The van der Waals surface area contributed by atoms with Crippen molar-refractivity contribution in [3.05, 3.63) is 27.4 Å². The van der Waals surface area contributed by atoms with Gasteiger partial charge in [0.15, 0.2) is 0 Å². The molecule has 2 rings (SSSR count). The highest BCUT2D eigenvalue weighted by atomic mass is 16.5. The quantitative estimate of drug-likeness (QED) is 0.801. The van der Waals surface area contributed by atoms with Crippen LogP contribution in [0.2, 0.25) is 0 Å². The Morgan fingerprint density at radius 3 is 2.60 bits per heavy atom. The molecule has 1 aromatic rings. The average molecular weight is 349 g/mol. The SMILES string of the molecule is Cc1nc(C(C)(C)C)[nH]c(=O)c1C(=O)NCCO[C@@H]1CCCC[C@H]1C. The molecule has 0 aromatic carbocycles. The van der Waals surface area contributed by atoms with Crippen molar-refractivity contribution in [1.82, 2.24) is 15.3 Å². The first-order valence-electron chi connectivity index (χ1n) is 9.21. The zero-order valence-corrected chi connectivity index (χ0v) is 16.1. The summed E-state index contributed by atoms with van der Waals surface area (Å²) in [5.74, 6) is 0.761. The highest BCUT2D eigenvalue weighted by Gasteiger charge is 2.23. The number of nitrogens with one attached hydrogen (secondary N) is 2. The summed E-state index contributed by atoms with van der Waals surface area (Å²) in [6.45, 7) is 10.7. The van der Waals surface area contributed by atoms with E-state index in [2.05, 4.69) is 22.2 Å². The molecule has 0 radical (unpaired) electrons. The van der Waals surface area contributed by atoms with E-state index in [1.807, 2.05) is 20.8 Å². The number of carbonyl (C=O) groups excluding carboxylic acids is 1. The Hall–Kier alpha value is -1.69. The molecule has 140 valence electrons. The lowest BCUT2D eigenvalue weighted by Gasteiger charge is -2.28. The minimum atomic E-state index is -0.396. The summed E-state index contributed by atoms with van der Waals surface area (Å²) in [5.41, 5.74) is -0.132. The lowest BCUT2D eigenvalue weighted by Crippen LogP contribution is -2.36. The molecular weight excluding hydrogens is 318 g/mol. The minimum absolute atomic E-state index is 0.0824. The van der Waals surface area contributed by atoms with Crippen LogP contribution in [0, 0.1) is 12.8 Å². The highest BCUT2D eigenvalue weighted by molar-refractivity contribution is 5.94. The smallest absolute Gasteiger partial charge is 0.264 e. The number of nitrogens with zero attached hydrogens (tertiary/aromatic N) is 1. The van der Waals surface area contributed by atoms with Gasteiger partial charge in [0.1, 0.15) is 11.4 Å². The van der Waals surface area contributed by atoms with Crippen LogP contribution in [-0.2, 0) is 10.2 Å². The largest absolute Gasteiger partial charge is 0.376 e. The fourth-order valence-corrected chi connectivity index (χ4v) is 3.20. The molecule has 0 unspecified atom stereocenters. The maximum atomic E-state index is 12.3. The topological polar surface area (TPSA) is 84.1 Å². The van der Waals surface area contributed by atoms with Crippen LogP contribution < -0.4 is 10.9 Å². The Morgan fingerprint density at radius 2 is 2.00 bits per heavy atom. The fraction of sp³-hybridized carbons (Fsp3) is 0.737. The van der Waals surface area contributed by atoms with Gasteiger partial charge in [0.2, 0.25) is 0 Å². The molecule has 2 atom stereocenters. The molecular formula is C19H31N3O3. The van der Waals surface area contributed by atoms with Gasteiger partial charge in [0.25, 0.3) is 11.5 Å². The molecule has 1 saturated carbocycles. The molecule has 1 fully saturated rings. The molecule has 0 saturated heterocycles. The molecule has 1 heterocycles. The lowest BCUT2D eigenvalue weighted by atomic mass is 9.88. The van der Waals surface area contributed by atoms with Crippen LogP contribution in [0.1, 0.15) is 75.3 Å². The Morgan fingerprint density at radius 1 is 1.32 bits per heavy atom. The third-order valence-electron chi connectivity index (χ3n) is 4.79. The molecule has 1 amide bonds. The van der Waals surface area contributed by atoms with E-state index in [0.717, 1.165) is 6.42 Å². The van der Waals surface area contributed by atoms with Crippen LogP contribution in [0.3, 0.4) is 0 Å². The molecule has 25 heavy (non-hydrogen) atoms. The van der Waals surface area contributed by atoms with E-state index in [4.69, 9.17) is 4.74 Å². The summed E-state index contributed by atoms with van der Waals surface area (Å²) < 4.78 is 5.89. The van der Waals surface area contributed by atoms with Crippen LogP contribution in [0.5, 0.6) is 0 Å². The van der Waals surface area contributed by atoms with E-state index in [9.17, 15) is 9.59 Å². The highest BCUT2D eigenvalue weighted by Crippen LogP contribution is 2.26. The van der Waals surface area contributed by atoms with Crippen molar-refractivity contribution < 1.29 is 9.53 Å². The van der Waals surface area contributed by atoms with Gasteiger partial charge in [-0.3, -0.25) is 9.59 Å². The van der Waals surface area contributed by atoms with E-state index >= 15 is 0 Å². The molecule has 2 N–H and O–H groups in total. The first kappa shape index (κ1) is 19.6. The number of H-pyrrole nitrogens is 1. The second-order valence-corrected chi connectivity index (χ2v) is 8.05. The predicted molar refractivity (Wildman–Crippen MR) is 98.0 cm³/mol. The van der Waals surface area contributed by atoms with Crippen molar-refractivity contribution in [1.29, 1.82) is 0 Å². The molecule has 0 spiro atoms. The summed E-state index contributed by atoms with van der Waals surface area (Å²) >= 11 is 0. The third kappa shape index (κ3) is 5.14. The number of carbonyl (C=O) groups is 1. The van der Waals surface area contributed by atoms with Gasteiger partial charge in [0, 0.05) is 12.0 Å². The molecule has 6 nitrogen and oxygen atoms in total. The van der Waals surface area contributed by atoms with E-state index in [1.165, 1.54) is 19.3 Å². The Bertz CT molecular complexity index is 661. The van der Waals surface area contributed by atoms with Gasteiger partial charge in [-0.25, -0.2) is 4.98 Å². The average Bonchev–Trinajstić information content (AvgIpc) is 2.51. The van der Waals surface area contributed by atoms with Gasteiger partial charge >= 0.3 is 0 Å². The third-order valence-corrected chi connectivity index (χ3v) is 4.79. The van der Waals surface area contributed by atoms with E-state index in [-0.39, 0.29) is 17.1 Å². The standard InChI is InChI=1S/C19H31N3O3/c1-12-8-6-7-9-14(12)25-11-10-20-16(23)15-13(2)21-18(19(3,4)5)22-17(15)24/h12,14H,6-11H2,1-5H3,(H,20,23)(H,21,22,24)/t12-,14-/m1/s1. The second-order valence-electron chi connectivity index (χ2n) is 8.05. The van der Waals surface area contributed by atoms with E-state index < -0.39 is 11.5 Å². The summed E-state index contributed by atoms with van der Waals surface area (Å²) in [4.78, 5) is 31.7. The van der Waals surface area contributed by atoms with Crippen molar-refractivity contribution in [3.8, 4) is 0 Å². The number of hydrogen-bond acceptors (Lipinski definition) is 4. The maximum Gasteiger partial charge on any atom is 0.264 e. The maximum absolute atomic E-state index is 12.3. The monoisotopic (exact) mass is 349 g/mol. The molecule has 0 aliphatic heterocycles. The zero-order valence-electron chi connectivity index (χ0n) is 16.1. The van der Waals surface area contributed by atoms with Crippen LogP contribution in [0.25, 0.3) is 0 Å². The summed E-state index contributed by atoms with van der Waals surface area (Å²) in [7, 11) is 0. The van der Waals surface area contributed by atoms with E-state index in [0.29, 0.717) is 30.6 Å². The lowest BCUT2D eigenvalue weighted by molar-refractivity contribution is -0.00294. The zero-order chi connectivity index (χ0) is 18.6. The molecule has 6 heteroatoms. The fourth-order valence-electron chi connectivity index (χ4n) is 3.20. The van der Waals surface area contributed by atoms with Crippen molar-refractivity contribution in [2.24, 2.45) is 5.92 Å². The number of aromatic amines is 1. The van der Waals surface area contributed by atoms with Gasteiger partial charge in [-0.15, -0.1) is 0 Å². The van der Waals surface area contributed by atoms with Crippen molar-refractivity contribution in [2.45, 2.75) is 71.8 Å². The number of amides is 1. The van der Waals surface area contributed by atoms with Crippen LogP contribution in [0.4, 0.5) is 0 Å². The van der Waals surface area contributed by atoms with Crippen molar-refractivity contribution in [2.75, 3.05) is 13.2 Å². The predicted octanol–water partition coefficient (Wildman–Crippen LogP) is 2.70. The Balaban J connectivity index is 1.91. The van der Waals surface area contributed by atoms with Gasteiger partial charge in [-0.05, 0) is 25.7 Å². The number of hydrogen-bond donors (Lipinski definition) is 2. The van der Waals surface area contributed by atoms with Gasteiger partial charge in [-0.1, -0.05) is 40.5 Å². The number of rotatable bonds is 5. The summed E-state index contributed by atoms with van der Waals surface area (Å²) in [5, 5.41) is 2.77. The van der Waals surface area contributed by atoms with Crippen LogP contribution >= 0.6 is 0 Å². The minimum Gasteiger partial charge on any atom is -0.376 e. The Labute approximate surface area is 149 Å². The molecule has 1 aliphatic rings. The Kier molecular flexibility index (Phi) is 6.38. The van der Waals surface area contributed by atoms with Gasteiger partial charge in [-0.2, -0.15) is 0 Å². The van der Waals surface area contributed by atoms with Crippen LogP contribution in [0.15, 0.2) is 4.79 Å². The first-order chi connectivity index (χ1) is 11.7. The van der Waals surface area contributed by atoms with Crippen molar-refractivity contribution in [3.63, 3.8) is 0 Å². The number of ether oxygens (including phenoxy) is 1. The van der Waals surface area contributed by atoms with Crippen molar-refractivity contribution >= 4 is 5.91 Å². The molecule has 0 bridgehead atoms. The first-order valence-corrected chi connectivity index (χ1v) is 9.21. The second kappa shape index (κ2) is 8.13. The summed E-state index contributed by atoms with van der Waals surface area (Å²) in [6, 6.07) is 0. The molecule has 1 aliphatic carbocycles. The number of aromatic nitrogens is 2. The number of aryl methyl sites for hydroxylation is 1. The normalized spacial score (nSPS) is 21.2. The van der Waals surface area contributed by atoms with E-state index in [1.54, 1.807) is 6.92 Å². The summed E-state index contributed by atoms with van der Waals surface area (Å²) in [6.07, 6.45) is 5.06. The van der Waals surface area contributed by atoms with Crippen LogP contribution in [-0.4, -0.2) is 35.1 Å². The molecule has 1 aromatic heterocycles.